The van der Waals surface area contributed by atoms with Gasteiger partial charge in [0.1, 0.15) is 0 Å². The van der Waals surface area contributed by atoms with E-state index in [2.05, 4.69) is 10.3 Å². The van der Waals surface area contributed by atoms with Crippen molar-refractivity contribution in [3.63, 3.8) is 0 Å². The predicted molar refractivity (Wildman–Crippen MR) is 72.5 cm³/mol. The highest BCUT2D eigenvalue weighted by Gasteiger charge is 2.23. The lowest BCUT2D eigenvalue weighted by atomic mass is 10.1. The third kappa shape index (κ3) is 2.24. The minimum atomic E-state index is 0.0568. The van der Waals surface area contributed by atoms with E-state index in [0.29, 0.717) is 6.42 Å². The Hall–Kier alpha value is -1.81. The summed E-state index contributed by atoms with van der Waals surface area (Å²) >= 11 is 1.71. The van der Waals surface area contributed by atoms with Crippen molar-refractivity contribution in [3.8, 4) is 0 Å². The molecule has 0 fully saturated rings. The predicted octanol–water partition coefficient (Wildman–Crippen LogP) is 3.26. The van der Waals surface area contributed by atoms with E-state index >= 15 is 0 Å². The quantitative estimate of drug-likeness (QED) is 0.851. The zero-order chi connectivity index (χ0) is 12.4. The van der Waals surface area contributed by atoms with E-state index in [1.54, 1.807) is 18.0 Å². The lowest BCUT2D eigenvalue weighted by Crippen LogP contribution is -2.11. The zero-order valence-electron chi connectivity index (χ0n) is 9.67. The summed E-state index contributed by atoms with van der Waals surface area (Å²) in [5, 5.41) is 3.07. The third-order valence-electron chi connectivity index (χ3n) is 2.86. The van der Waals surface area contributed by atoms with Gasteiger partial charge in [-0.25, -0.2) is 0 Å². The number of carbonyl (C=O) groups is 1. The first-order valence-electron chi connectivity index (χ1n) is 5.78. The van der Waals surface area contributed by atoms with Gasteiger partial charge in [-0.15, -0.1) is 11.8 Å². The summed E-state index contributed by atoms with van der Waals surface area (Å²) in [5.41, 5.74) is 1.99. The number of amides is 1. The van der Waals surface area contributed by atoms with Crippen molar-refractivity contribution >= 4 is 23.4 Å². The summed E-state index contributed by atoms with van der Waals surface area (Å²) in [6.07, 6.45) is 4.06. The van der Waals surface area contributed by atoms with E-state index in [4.69, 9.17) is 0 Å². The molecule has 1 aromatic heterocycles. The van der Waals surface area contributed by atoms with Gasteiger partial charge in [0.2, 0.25) is 5.91 Å². The molecule has 0 aliphatic carbocycles. The van der Waals surface area contributed by atoms with Crippen LogP contribution in [0.4, 0.5) is 5.69 Å². The molecule has 0 saturated carbocycles. The molecule has 1 aliphatic heterocycles. The normalized spacial score (nSPS) is 18.7. The smallest absolute Gasteiger partial charge is 0.225 e. The first kappa shape index (κ1) is 11.3. The van der Waals surface area contributed by atoms with Crippen LogP contribution in [0.1, 0.15) is 17.2 Å². The standard InChI is InChI=1S/C14H12N2OS/c17-14-8-13(10-4-3-7-15-9-10)18-12-6-2-1-5-11(12)16-14/h1-7,9,13H,8H2,(H,16,17)/t13-/m1/s1. The number of nitrogens with one attached hydrogen (secondary N) is 1. The van der Waals surface area contributed by atoms with E-state index in [1.807, 2.05) is 42.6 Å². The number of carbonyl (C=O) groups excluding carboxylic acids is 1. The van der Waals surface area contributed by atoms with Crippen molar-refractivity contribution in [1.29, 1.82) is 0 Å². The van der Waals surface area contributed by atoms with Crippen LogP contribution >= 0.6 is 11.8 Å². The Morgan fingerprint density at radius 2 is 2.11 bits per heavy atom. The van der Waals surface area contributed by atoms with Gasteiger partial charge in [-0.3, -0.25) is 9.78 Å². The van der Waals surface area contributed by atoms with Gasteiger partial charge in [0, 0.05) is 29.0 Å². The highest BCUT2D eigenvalue weighted by Crippen LogP contribution is 2.43. The number of fused-ring (bicyclic) bond motifs is 1. The summed E-state index contributed by atoms with van der Waals surface area (Å²) in [6, 6.07) is 11.8. The summed E-state index contributed by atoms with van der Waals surface area (Å²) < 4.78 is 0. The minimum absolute atomic E-state index is 0.0568. The van der Waals surface area contributed by atoms with Crippen molar-refractivity contribution in [2.24, 2.45) is 0 Å². The number of rotatable bonds is 1. The number of aromatic nitrogens is 1. The van der Waals surface area contributed by atoms with Gasteiger partial charge in [-0.1, -0.05) is 18.2 Å². The Bertz CT molecular complexity index is 571. The fraction of sp³-hybridized carbons (Fsp3) is 0.143. The molecule has 2 heterocycles. The topological polar surface area (TPSA) is 42.0 Å². The Kier molecular flexibility index (Phi) is 3.02. The van der Waals surface area contributed by atoms with E-state index < -0.39 is 0 Å². The van der Waals surface area contributed by atoms with Gasteiger partial charge in [-0.05, 0) is 23.8 Å². The number of pyridine rings is 1. The molecule has 0 radical (unpaired) electrons. The minimum Gasteiger partial charge on any atom is -0.325 e. The maximum absolute atomic E-state index is 11.9. The first-order valence-corrected chi connectivity index (χ1v) is 6.66. The third-order valence-corrected chi connectivity index (χ3v) is 4.19. The maximum Gasteiger partial charge on any atom is 0.225 e. The second-order valence-corrected chi connectivity index (χ2v) is 5.39. The second kappa shape index (κ2) is 4.82. The summed E-state index contributed by atoms with van der Waals surface area (Å²) in [4.78, 5) is 17.1. The second-order valence-electron chi connectivity index (χ2n) is 4.14. The Morgan fingerprint density at radius 1 is 1.22 bits per heavy atom. The van der Waals surface area contributed by atoms with Crippen molar-refractivity contribution < 1.29 is 4.79 Å². The van der Waals surface area contributed by atoms with Crippen LogP contribution in [0.3, 0.4) is 0 Å². The van der Waals surface area contributed by atoms with Gasteiger partial charge in [0.15, 0.2) is 0 Å². The molecule has 18 heavy (non-hydrogen) atoms. The number of hydrogen-bond acceptors (Lipinski definition) is 3. The van der Waals surface area contributed by atoms with E-state index in [-0.39, 0.29) is 11.2 Å². The molecule has 2 aromatic rings. The molecule has 1 aromatic carbocycles. The zero-order valence-corrected chi connectivity index (χ0v) is 10.5. The molecule has 1 N–H and O–H groups in total. The summed E-state index contributed by atoms with van der Waals surface area (Å²) in [6.45, 7) is 0. The molecule has 1 atom stereocenters. The SMILES string of the molecule is O=C1C[C@H](c2cccnc2)Sc2ccccc2N1. The number of benzene rings is 1. The number of nitrogens with zero attached hydrogens (tertiary/aromatic N) is 1. The largest absolute Gasteiger partial charge is 0.325 e. The molecular formula is C14H12N2OS. The molecule has 90 valence electrons. The average molecular weight is 256 g/mol. The molecule has 3 rings (SSSR count). The molecule has 0 bridgehead atoms. The Labute approximate surface area is 110 Å². The van der Waals surface area contributed by atoms with Crippen molar-refractivity contribution in [2.45, 2.75) is 16.6 Å². The van der Waals surface area contributed by atoms with E-state index in [9.17, 15) is 4.79 Å². The van der Waals surface area contributed by atoms with Crippen LogP contribution in [0.2, 0.25) is 0 Å². The summed E-state index contributed by atoms with van der Waals surface area (Å²) in [7, 11) is 0. The van der Waals surface area contributed by atoms with Crippen molar-refractivity contribution in [2.75, 3.05) is 5.32 Å². The van der Waals surface area contributed by atoms with Crippen LogP contribution in [-0.4, -0.2) is 10.9 Å². The van der Waals surface area contributed by atoms with Crippen molar-refractivity contribution in [3.05, 3.63) is 54.4 Å². The van der Waals surface area contributed by atoms with Gasteiger partial charge >= 0.3 is 0 Å². The highest BCUT2D eigenvalue weighted by molar-refractivity contribution is 7.99. The average Bonchev–Trinajstić information content (AvgIpc) is 2.57. The van der Waals surface area contributed by atoms with E-state index in [1.165, 1.54) is 0 Å². The van der Waals surface area contributed by atoms with Gasteiger partial charge in [-0.2, -0.15) is 0 Å². The lowest BCUT2D eigenvalue weighted by Gasteiger charge is -2.12. The number of anilines is 1. The Morgan fingerprint density at radius 3 is 2.94 bits per heavy atom. The van der Waals surface area contributed by atoms with Crippen LogP contribution in [0.5, 0.6) is 0 Å². The summed E-state index contributed by atoms with van der Waals surface area (Å²) in [5.74, 6) is 0.0568. The molecule has 0 unspecified atom stereocenters. The molecule has 1 amide bonds. The van der Waals surface area contributed by atoms with Gasteiger partial charge < -0.3 is 5.32 Å². The van der Waals surface area contributed by atoms with Gasteiger partial charge in [0.05, 0.1) is 5.69 Å². The molecule has 3 nitrogen and oxygen atoms in total. The van der Waals surface area contributed by atoms with Crippen LogP contribution in [-0.2, 0) is 4.79 Å². The molecule has 0 saturated heterocycles. The first-order chi connectivity index (χ1) is 8.83. The van der Waals surface area contributed by atoms with Crippen LogP contribution < -0.4 is 5.32 Å². The molecule has 1 aliphatic rings. The van der Waals surface area contributed by atoms with Crippen LogP contribution in [0, 0.1) is 0 Å². The highest BCUT2D eigenvalue weighted by atomic mass is 32.2. The lowest BCUT2D eigenvalue weighted by molar-refractivity contribution is -0.116. The fourth-order valence-electron chi connectivity index (χ4n) is 1.99. The number of para-hydroxylation sites is 1. The maximum atomic E-state index is 11.9. The number of thioether (sulfide) groups is 1. The fourth-order valence-corrected chi connectivity index (χ4v) is 3.21. The molecule has 4 heteroatoms. The number of hydrogen-bond donors (Lipinski definition) is 1. The van der Waals surface area contributed by atoms with Crippen LogP contribution in [0.15, 0.2) is 53.7 Å². The van der Waals surface area contributed by atoms with Gasteiger partial charge in [0.25, 0.3) is 0 Å². The van der Waals surface area contributed by atoms with Crippen LogP contribution in [0.25, 0.3) is 0 Å². The molecule has 0 spiro atoms. The van der Waals surface area contributed by atoms with Crippen molar-refractivity contribution in [1.82, 2.24) is 4.98 Å². The monoisotopic (exact) mass is 256 g/mol. The van der Waals surface area contributed by atoms with E-state index in [0.717, 1.165) is 16.1 Å². The molecular weight excluding hydrogens is 244 g/mol. The Balaban J connectivity index is 1.97.